The first-order chi connectivity index (χ1) is 9.77. The molecular weight excluding hydrogens is 326 g/mol. The van der Waals surface area contributed by atoms with Crippen LogP contribution in [0.4, 0.5) is 18.9 Å². The van der Waals surface area contributed by atoms with Crippen LogP contribution in [-0.4, -0.2) is 5.91 Å². The number of halogens is 5. The van der Waals surface area contributed by atoms with E-state index in [9.17, 15) is 18.0 Å². The van der Waals surface area contributed by atoms with Crippen LogP contribution in [-0.2, 0) is 6.18 Å². The van der Waals surface area contributed by atoms with Gasteiger partial charge in [0.1, 0.15) is 0 Å². The second-order valence-corrected chi connectivity index (χ2v) is 5.00. The predicted molar refractivity (Wildman–Crippen MR) is 75.9 cm³/mol. The van der Waals surface area contributed by atoms with Crippen LogP contribution in [0, 0.1) is 0 Å². The van der Waals surface area contributed by atoms with E-state index in [1.165, 1.54) is 30.3 Å². The quantitative estimate of drug-likeness (QED) is 0.797. The van der Waals surface area contributed by atoms with E-state index < -0.39 is 17.6 Å². The van der Waals surface area contributed by atoms with Crippen molar-refractivity contribution in [3.05, 3.63) is 63.6 Å². The predicted octanol–water partition coefficient (Wildman–Crippen LogP) is 5.26. The Morgan fingerprint density at radius 1 is 1.00 bits per heavy atom. The van der Waals surface area contributed by atoms with Crippen LogP contribution in [0.15, 0.2) is 42.5 Å². The third kappa shape index (κ3) is 3.89. The van der Waals surface area contributed by atoms with Crippen molar-refractivity contribution in [1.82, 2.24) is 0 Å². The molecule has 110 valence electrons. The summed E-state index contributed by atoms with van der Waals surface area (Å²) >= 11 is 11.6. The second-order valence-electron chi connectivity index (χ2n) is 4.15. The van der Waals surface area contributed by atoms with Crippen molar-refractivity contribution in [1.29, 1.82) is 0 Å². The Bertz CT molecular complexity index is 669. The number of carbonyl (C=O) groups excluding carboxylic acids is 1. The molecular formula is C14H8Cl2F3NO. The summed E-state index contributed by atoms with van der Waals surface area (Å²) in [6.07, 6.45) is -4.42. The molecule has 1 amide bonds. The monoisotopic (exact) mass is 333 g/mol. The molecule has 0 saturated carbocycles. The van der Waals surface area contributed by atoms with Crippen LogP contribution in [0.2, 0.25) is 10.0 Å². The SMILES string of the molecule is O=C(Nc1ccc(C(F)(F)F)cc1)c1cc(Cl)ccc1Cl. The summed E-state index contributed by atoms with van der Waals surface area (Å²) in [6, 6.07) is 8.47. The van der Waals surface area contributed by atoms with Gasteiger partial charge in [-0.15, -0.1) is 0 Å². The molecule has 2 nitrogen and oxygen atoms in total. The van der Waals surface area contributed by atoms with Gasteiger partial charge in [0.15, 0.2) is 0 Å². The zero-order valence-corrected chi connectivity index (χ0v) is 11.9. The number of benzene rings is 2. The van der Waals surface area contributed by atoms with Crippen LogP contribution in [0.3, 0.4) is 0 Å². The molecule has 0 fully saturated rings. The lowest BCUT2D eigenvalue weighted by Crippen LogP contribution is -2.13. The fraction of sp³-hybridized carbons (Fsp3) is 0.0714. The Labute approximate surface area is 128 Å². The van der Waals surface area contributed by atoms with Crippen LogP contribution in [0.5, 0.6) is 0 Å². The number of alkyl halides is 3. The maximum absolute atomic E-state index is 12.4. The molecule has 0 aliphatic rings. The topological polar surface area (TPSA) is 29.1 Å². The Morgan fingerprint density at radius 2 is 1.62 bits per heavy atom. The molecule has 21 heavy (non-hydrogen) atoms. The minimum atomic E-state index is -4.42. The van der Waals surface area contributed by atoms with Crippen molar-refractivity contribution < 1.29 is 18.0 Å². The van der Waals surface area contributed by atoms with Crippen molar-refractivity contribution >= 4 is 34.8 Å². The minimum Gasteiger partial charge on any atom is -0.322 e. The smallest absolute Gasteiger partial charge is 0.322 e. The average molecular weight is 334 g/mol. The summed E-state index contributed by atoms with van der Waals surface area (Å²) in [5.41, 5.74) is -0.422. The highest BCUT2D eigenvalue weighted by Gasteiger charge is 2.30. The van der Waals surface area contributed by atoms with Crippen molar-refractivity contribution in [2.45, 2.75) is 6.18 Å². The first kappa shape index (κ1) is 15.7. The molecule has 0 saturated heterocycles. The fourth-order valence-electron chi connectivity index (χ4n) is 1.61. The van der Waals surface area contributed by atoms with E-state index in [1.807, 2.05) is 0 Å². The van der Waals surface area contributed by atoms with Gasteiger partial charge in [0, 0.05) is 10.7 Å². The number of hydrogen-bond donors (Lipinski definition) is 1. The van der Waals surface area contributed by atoms with E-state index in [0.29, 0.717) is 5.02 Å². The molecule has 0 aliphatic carbocycles. The molecule has 0 bridgehead atoms. The van der Waals surface area contributed by atoms with E-state index in [-0.39, 0.29) is 16.3 Å². The Kier molecular flexibility index (Phi) is 4.44. The van der Waals surface area contributed by atoms with E-state index in [0.717, 1.165) is 12.1 Å². The molecule has 0 aliphatic heterocycles. The van der Waals surface area contributed by atoms with Crippen LogP contribution < -0.4 is 5.32 Å². The molecule has 2 aromatic rings. The molecule has 0 aromatic heterocycles. The lowest BCUT2D eigenvalue weighted by atomic mass is 10.1. The van der Waals surface area contributed by atoms with Gasteiger partial charge < -0.3 is 5.32 Å². The molecule has 2 aromatic carbocycles. The lowest BCUT2D eigenvalue weighted by Gasteiger charge is -2.09. The Balaban J connectivity index is 2.18. The minimum absolute atomic E-state index is 0.143. The van der Waals surface area contributed by atoms with Crippen molar-refractivity contribution in [2.75, 3.05) is 5.32 Å². The maximum atomic E-state index is 12.4. The summed E-state index contributed by atoms with van der Waals surface area (Å²) in [5.74, 6) is -0.553. The molecule has 7 heteroatoms. The summed E-state index contributed by atoms with van der Waals surface area (Å²) in [7, 11) is 0. The van der Waals surface area contributed by atoms with Crippen molar-refractivity contribution in [3.8, 4) is 0 Å². The number of rotatable bonds is 2. The standard InChI is InChI=1S/C14H8Cl2F3NO/c15-9-3-6-12(16)11(7-9)13(21)20-10-4-1-8(2-5-10)14(17,18)19/h1-7H,(H,20,21). The molecule has 0 spiro atoms. The first-order valence-electron chi connectivity index (χ1n) is 5.71. The van der Waals surface area contributed by atoms with Crippen LogP contribution in [0.25, 0.3) is 0 Å². The highest BCUT2D eigenvalue weighted by atomic mass is 35.5. The summed E-state index contributed by atoms with van der Waals surface area (Å²) < 4.78 is 37.3. The highest BCUT2D eigenvalue weighted by Crippen LogP contribution is 2.30. The summed E-state index contributed by atoms with van der Waals surface area (Å²) in [4.78, 5) is 12.0. The van der Waals surface area contributed by atoms with Gasteiger partial charge in [0.2, 0.25) is 0 Å². The van der Waals surface area contributed by atoms with E-state index in [1.54, 1.807) is 0 Å². The van der Waals surface area contributed by atoms with Gasteiger partial charge in [-0.1, -0.05) is 23.2 Å². The van der Waals surface area contributed by atoms with Gasteiger partial charge in [0.25, 0.3) is 5.91 Å². The normalized spacial score (nSPS) is 11.3. The van der Waals surface area contributed by atoms with Gasteiger partial charge in [-0.2, -0.15) is 13.2 Å². The molecule has 0 unspecified atom stereocenters. The van der Waals surface area contributed by atoms with Crippen LogP contribution in [0.1, 0.15) is 15.9 Å². The largest absolute Gasteiger partial charge is 0.416 e. The molecule has 2 rings (SSSR count). The van der Waals surface area contributed by atoms with Gasteiger partial charge in [-0.05, 0) is 42.5 Å². The molecule has 0 atom stereocenters. The van der Waals surface area contributed by atoms with Crippen LogP contribution >= 0.6 is 23.2 Å². The number of hydrogen-bond acceptors (Lipinski definition) is 1. The zero-order valence-electron chi connectivity index (χ0n) is 10.3. The lowest BCUT2D eigenvalue weighted by molar-refractivity contribution is -0.137. The molecule has 1 N–H and O–H groups in total. The van der Waals surface area contributed by atoms with Gasteiger partial charge in [-0.25, -0.2) is 0 Å². The van der Waals surface area contributed by atoms with E-state index in [2.05, 4.69) is 5.32 Å². The summed E-state index contributed by atoms with van der Waals surface area (Å²) in [5, 5.41) is 2.98. The average Bonchev–Trinajstić information content (AvgIpc) is 2.41. The second kappa shape index (κ2) is 5.95. The number of amides is 1. The third-order valence-electron chi connectivity index (χ3n) is 2.64. The zero-order chi connectivity index (χ0) is 15.6. The molecule has 0 radical (unpaired) electrons. The van der Waals surface area contributed by atoms with Gasteiger partial charge in [0.05, 0.1) is 16.1 Å². The van der Waals surface area contributed by atoms with Crippen molar-refractivity contribution in [3.63, 3.8) is 0 Å². The first-order valence-corrected chi connectivity index (χ1v) is 6.46. The number of anilines is 1. The van der Waals surface area contributed by atoms with E-state index >= 15 is 0 Å². The van der Waals surface area contributed by atoms with E-state index in [4.69, 9.17) is 23.2 Å². The Hall–Kier alpha value is -1.72. The van der Waals surface area contributed by atoms with Gasteiger partial charge in [-0.3, -0.25) is 4.79 Å². The summed E-state index contributed by atoms with van der Waals surface area (Å²) in [6.45, 7) is 0. The fourth-order valence-corrected chi connectivity index (χ4v) is 1.99. The van der Waals surface area contributed by atoms with Crippen molar-refractivity contribution in [2.24, 2.45) is 0 Å². The molecule has 0 heterocycles. The number of carbonyl (C=O) groups is 1. The third-order valence-corrected chi connectivity index (χ3v) is 3.21. The van der Waals surface area contributed by atoms with Gasteiger partial charge >= 0.3 is 6.18 Å². The number of nitrogens with one attached hydrogen (secondary N) is 1. The Morgan fingerprint density at radius 3 is 2.19 bits per heavy atom. The highest BCUT2D eigenvalue weighted by molar-refractivity contribution is 6.36. The maximum Gasteiger partial charge on any atom is 0.416 e.